The van der Waals surface area contributed by atoms with Crippen molar-refractivity contribution in [2.45, 2.75) is 19.4 Å². The Labute approximate surface area is 101 Å². The SMILES string of the molecule is CCc1nnc(NC(=O)NC[C@H](O)C(=O)O)s1. The number of aliphatic hydroxyl groups excluding tert-OH is 1. The van der Waals surface area contributed by atoms with E-state index in [0.29, 0.717) is 5.13 Å². The van der Waals surface area contributed by atoms with E-state index in [1.54, 1.807) is 0 Å². The fourth-order valence-corrected chi connectivity index (χ4v) is 1.54. The number of aromatic nitrogens is 2. The van der Waals surface area contributed by atoms with Crippen molar-refractivity contribution >= 4 is 28.5 Å². The molecular weight excluding hydrogens is 248 g/mol. The number of urea groups is 1. The lowest BCUT2D eigenvalue weighted by atomic mass is 10.4. The number of nitrogens with zero attached hydrogens (tertiary/aromatic N) is 2. The Kier molecular flexibility index (Phi) is 4.79. The summed E-state index contributed by atoms with van der Waals surface area (Å²) in [6.07, 6.45) is -0.903. The van der Waals surface area contributed by atoms with E-state index < -0.39 is 18.1 Å². The molecule has 0 aliphatic heterocycles. The Morgan fingerprint density at radius 2 is 2.18 bits per heavy atom. The summed E-state index contributed by atoms with van der Waals surface area (Å²) in [6, 6.07) is -0.635. The van der Waals surface area contributed by atoms with E-state index >= 15 is 0 Å². The minimum atomic E-state index is -1.62. The highest BCUT2D eigenvalue weighted by atomic mass is 32.1. The highest BCUT2D eigenvalue weighted by molar-refractivity contribution is 7.15. The lowest BCUT2D eigenvalue weighted by molar-refractivity contribution is -0.146. The largest absolute Gasteiger partial charge is 0.479 e. The first-order chi connectivity index (χ1) is 8.02. The average molecular weight is 260 g/mol. The predicted octanol–water partition coefficient (Wildman–Crippen LogP) is -0.333. The third-order valence-corrected chi connectivity index (χ3v) is 2.71. The fraction of sp³-hybridized carbons (Fsp3) is 0.500. The van der Waals surface area contributed by atoms with Crippen molar-refractivity contribution in [3.8, 4) is 0 Å². The van der Waals surface area contributed by atoms with E-state index in [1.165, 1.54) is 11.3 Å². The molecule has 2 amide bonds. The Morgan fingerprint density at radius 3 is 2.71 bits per heavy atom. The summed E-state index contributed by atoms with van der Waals surface area (Å²) in [6.45, 7) is 1.54. The number of nitrogens with one attached hydrogen (secondary N) is 2. The minimum Gasteiger partial charge on any atom is -0.479 e. The number of carboxylic acids is 1. The zero-order valence-electron chi connectivity index (χ0n) is 9.01. The van der Waals surface area contributed by atoms with E-state index in [0.717, 1.165) is 11.4 Å². The Morgan fingerprint density at radius 1 is 1.47 bits per heavy atom. The van der Waals surface area contributed by atoms with Crippen LogP contribution in [0.3, 0.4) is 0 Å². The standard InChI is InChI=1S/C8H12N4O4S/c1-2-5-11-12-8(17-5)10-7(16)9-3-4(13)6(14)15/h4,13H,2-3H2,1H3,(H,14,15)(H2,9,10,12,16)/t4-/m0/s1. The van der Waals surface area contributed by atoms with E-state index in [9.17, 15) is 9.59 Å². The molecule has 0 spiro atoms. The number of aliphatic hydroxyl groups is 1. The van der Waals surface area contributed by atoms with Crippen molar-refractivity contribution in [3.05, 3.63) is 5.01 Å². The van der Waals surface area contributed by atoms with E-state index in [-0.39, 0.29) is 6.54 Å². The number of amides is 2. The number of anilines is 1. The molecule has 1 heterocycles. The molecule has 0 fully saturated rings. The van der Waals surface area contributed by atoms with Gasteiger partial charge in [0.25, 0.3) is 0 Å². The Balaban J connectivity index is 2.37. The van der Waals surface area contributed by atoms with Gasteiger partial charge in [-0.15, -0.1) is 10.2 Å². The molecule has 1 aromatic rings. The smallest absolute Gasteiger partial charge is 0.334 e. The van der Waals surface area contributed by atoms with Gasteiger partial charge in [-0.2, -0.15) is 0 Å². The third kappa shape index (κ3) is 4.33. The van der Waals surface area contributed by atoms with Crippen LogP contribution < -0.4 is 10.6 Å². The van der Waals surface area contributed by atoms with Gasteiger partial charge >= 0.3 is 12.0 Å². The summed E-state index contributed by atoms with van der Waals surface area (Å²) in [4.78, 5) is 21.5. The molecule has 4 N–H and O–H groups in total. The fourth-order valence-electron chi connectivity index (χ4n) is 0.865. The van der Waals surface area contributed by atoms with Crippen LogP contribution in [0.1, 0.15) is 11.9 Å². The number of aliphatic carboxylic acids is 1. The molecule has 0 aromatic carbocycles. The van der Waals surface area contributed by atoms with Gasteiger partial charge < -0.3 is 15.5 Å². The first-order valence-electron chi connectivity index (χ1n) is 4.81. The second-order valence-electron chi connectivity index (χ2n) is 3.04. The number of carbonyl (C=O) groups is 2. The van der Waals surface area contributed by atoms with Gasteiger partial charge in [0.05, 0.1) is 6.54 Å². The molecule has 0 saturated heterocycles. The normalized spacial score (nSPS) is 11.9. The summed E-state index contributed by atoms with van der Waals surface area (Å²) in [5.41, 5.74) is 0. The van der Waals surface area contributed by atoms with Gasteiger partial charge in [-0.3, -0.25) is 5.32 Å². The molecule has 0 aliphatic rings. The number of carboxylic acid groups (broad SMARTS) is 1. The highest BCUT2D eigenvalue weighted by Gasteiger charge is 2.14. The van der Waals surface area contributed by atoms with Gasteiger partial charge in [0.15, 0.2) is 6.10 Å². The molecule has 17 heavy (non-hydrogen) atoms. The van der Waals surface area contributed by atoms with Crippen molar-refractivity contribution in [3.63, 3.8) is 0 Å². The monoisotopic (exact) mass is 260 g/mol. The number of carbonyl (C=O) groups excluding carboxylic acids is 1. The average Bonchev–Trinajstić information content (AvgIpc) is 2.73. The number of aryl methyl sites for hydroxylation is 1. The van der Waals surface area contributed by atoms with Crippen molar-refractivity contribution in [2.24, 2.45) is 0 Å². The molecule has 0 unspecified atom stereocenters. The highest BCUT2D eigenvalue weighted by Crippen LogP contribution is 2.14. The first-order valence-corrected chi connectivity index (χ1v) is 5.62. The Bertz CT molecular complexity index is 408. The molecule has 0 bridgehead atoms. The van der Waals surface area contributed by atoms with Crippen LogP contribution in [0.15, 0.2) is 0 Å². The molecule has 0 aliphatic carbocycles. The third-order valence-electron chi connectivity index (χ3n) is 1.73. The van der Waals surface area contributed by atoms with Crippen molar-refractivity contribution in [2.75, 3.05) is 11.9 Å². The lowest BCUT2D eigenvalue weighted by Crippen LogP contribution is -2.38. The maximum Gasteiger partial charge on any atom is 0.334 e. The van der Waals surface area contributed by atoms with Gasteiger partial charge in [-0.05, 0) is 6.42 Å². The molecule has 1 atom stereocenters. The van der Waals surface area contributed by atoms with Gasteiger partial charge in [-0.25, -0.2) is 9.59 Å². The number of rotatable bonds is 5. The van der Waals surface area contributed by atoms with Crippen LogP contribution in [0.2, 0.25) is 0 Å². The van der Waals surface area contributed by atoms with Crippen LogP contribution in [-0.4, -0.2) is 45.1 Å². The molecular formula is C8H12N4O4S. The van der Waals surface area contributed by atoms with Crippen LogP contribution >= 0.6 is 11.3 Å². The molecule has 1 rings (SSSR count). The van der Waals surface area contributed by atoms with Crippen molar-refractivity contribution in [1.82, 2.24) is 15.5 Å². The topological polar surface area (TPSA) is 124 Å². The molecule has 94 valence electrons. The Hall–Kier alpha value is -1.74. The van der Waals surface area contributed by atoms with Crippen LogP contribution in [0.4, 0.5) is 9.93 Å². The molecule has 0 saturated carbocycles. The summed E-state index contributed by atoms with van der Waals surface area (Å²) < 4.78 is 0. The van der Waals surface area contributed by atoms with Crippen LogP contribution in [0.25, 0.3) is 0 Å². The van der Waals surface area contributed by atoms with Crippen LogP contribution in [0.5, 0.6) is 0 Å². The second kappa shape index (κ2) is 6.11. The predicted molar refractivity (Wildman–Crippen MR) is 60.0 cm³/mol. The molecule has 0 radical (unpaired) electrons. The summed E-state index contributed by atoms with van der Waals surface area (Å²) in [7, 11) is 0. The molecule has 9 heteroatoms. The minimum absolute atomic E-state index is 0.323. The van der Waals surface area contributed by atoms with Gasteiger partial charge in [0.1, 0.15) is 5.01 Å². The number of hydrogen-bond donors (Lipinski definition) is 4. The summed E-state index contributed by atoms with van der Waals surface area (Å²) in [5.74, 6) is -1.39. The maximum atomic E-state index is 11.2. The van der Waals surface area contributed by atoms with Gasteiger partial charge in [0, 0.05) is 0 Å². The lowest BCUT2D eigenvalue weighted by Gasteiger charge is -2.07. The quantitative estimate of drug-likeness (QED) is 0.574. The zero-order valence-corrected chi connectivity index (χ0v) is 9.82. The zero-order chi connectivity index (χ0) is 12.8. The van der Waals surface area contributed by atoms with Crippen molar-refractivity contribution < 1.29 is 19.8 Å². The van der Waals surface area contributed by atoms with E-state index in [2.05, 4.69) is 20.8 Å². The first kappa shape index (κ1) is 13.3. The molecule has 8 nitrogen and oxygen atoms in total. The van der Waals surface area contributed by atoms with Gasteiger partial charge in [0.2, 0.25) is 5.13 Å². The second-order valence-corrected chi connectivity index (χ2v) is 4.11. The van der Waals surface area contributed by atoms with Gasteiger partial charge in [-0.1, -0.05) is 18.3 Å². The summed E-state index contributed by atoms with van der Waals surface area (Å²) in [5, 5.41) is 30.5. The van der Waals surface area contributed by atoms with E-state index in [1.807, 2.05) is 6.92 Å². The summed E-state index contributed by atoms with van der Waals surface area (Å²) >= 11 is 1.23. The van der Waals surface area contributed by atoms with Crippen LogP contribution in [0, 0.1) is 0 Å². The maximum absolute atomic E-state index is 11.2. The number of hydrogen-bond acceptors (Lipinski definition) is 6. The molecule has 1 aromatic heterocycles. The van der Waals surface area contributed by atoms with Crippen molar-refractivity contribution in [1.29, 1.82) is 0 Å². The van der Waals surface area contributed by atoms with E-state index in [4.69, 9.17) is 10.2 Å². The van der Waals surface area contributed by atoms with Crippen LogP contribution in [-0.2, 0) is 11.2 Å².